The van der Waals surface area contributed by atoms with Crippen molar-refractivity contribution in [2.75, 3.05) is 33.4 Å². The number of hydrogen-bond donors (Lipinski definition) is 2. The number of methoxy groups -OCH3 is 1. The van der Waals surface area contributed by atoms with Gasteiger partial charge in [-0.05, 0) is 54.8 Å². The predicted molar refractivity (Wildman–Crippen MR) is 168 cm³/mol. The molecule has 3 aromatic rings. The van der Waals surface area contributed by atoms with Crippen molar-refractivity contribution in [2.45, 2.75) is 68.6 Å². The summed E-state index contributed by atoms with van der Waals surface area (Å²) in [4.78, 5) is 25.9. The van der Waals surface area contributed by atoms with Gasteiger partial charge in [0.1, 0.15) is 5.75 Å². The number of aromatic nitrogens is 1. The van der Waals surface area contributed by atoms with Crippen molar-refractivity contribution >= 4 is 32.7 Å². The van der Waals surface area contributed by atoms with Crippen LogP contribution in [0.3, 0.4) is 0 Å². The first-order chi connectivity index (χ1) is 21.7. The van der Waals surface area contributed by atoms with Crippen LogP contribution in [-0.2, 0) is 24.3 Å². The zero-order valence-electron chi connectivity index (χ0n) is 25.7. The van der Waals surface area contributed by atoms with Gasteiger partial charge in [0.25, 0.3) is 5.91 Å². The van der Waals surface area contributed by atoms with E-state index in [0.29, 0.717) is 12.2 Å². The van der Waals surface area contributed by atoms with E-state index in [1.165, 1.54) is 26.2 Å². The van der Waals surface area contributed by atoms with Gasteiger partial charge in [-0.1, -0.05) is 37.5 Å². The average molecular weight is 640 g/mol. The van der Waals surface area contributed by atoms with E-state index in [2.05, 4.69) is 5.32 Å². The lowest BCUT2D eigenvalue weighted by Crippen LogP contribution is -2.40. The van der Waals surface area contributed by atoms with Crippen LogP contribution in [0.5, 0.6) is 5.75 Å². The van der Waals surface area contributed by atoms with Crippen LogP contribution in [0.2, 0.25) is 0 Å². The van der Waals surface area contributed by atoms with E-state index in [0.717, 1.165) is 52.9 Å². The quantitative estimate of drug-likeness (QED) is 0.302. The van der Waals surface area contributed by atoms with Gasteiger partial charge < -0.3 is 24.6 Å². The Morgan fingerprint density at radius 3 is 2.49 bits per heavy atom. The number of aliphatic hydroxyl groups is 1. The summed E-state index contributed by atoms with van der Waals surface area (Å²) in [6.45, 7) is 0.927. The average Bonchev–Trinajstić information content (AvgIpc) is 3.45. The molecule has 0 spiro atoms. The normalized spacial score (nSPS) is 19.2. The summed E-state index contributed by atoms with van der Waals surface area (Å²) in [5, 5.41) is 13.6. The lowest BCUT2D eigenvalue weighted by molar-refractivity contribution is -0.147. The molecular weight excluding hydrogens is 598 g/mol. The number of benzene rings is 2. The first kappa shape index (κ1) is 32.7. The minimum atomic E-state index is -3.93. The largest absolute Gasteiger partial charge is 0.497 e. The second kappa shape index (κ2) is 14.6. The van der Waals surface area contributed by atoms with Crippen molar-refractivity contribution in [3.05, 3.63) is 72.1 Å². The maximum Gasteiger partial charge on any atom is 0.286 e. The summed E-state index contributed by atoms with van der Waals surface area (Å²) in [6.07, 6.45) is 8.19. The van der Waals surface area contributed by atoms with Gasteiger partial charge in [0.2, 0.25) is 22.2 Å². The van der Waals surface area contributed by atoms with Gasteiger partial charge >= 0.3 is 0 Å². The molecule has 1 aliphatic heterocycles. The van der Waals surface area contributed by atoms with Gasteiger partial charge in [-0.15, -0.1) is 0 Å². The lowest BCUT2D eigenvalue weighted by atomic mass is 9.92. The Morgan fingerprint density at radius 1 is 1.07 bits per heavy atom. The highest BCUT2D eigenvalue weighted by Crippen LogP contribution is 2.36. The molecule has 11 nitrogen and oxygen atoms in total. The van der Waals surface area contributed by atoms with E-state index in [1.807, 2.05) is 24.3 Å². The minimum Gasteiger partial charge on any atom is -0.497 e. The van der Waals surface area contributed by atoms with Gasteiger partial charge in [-0.25, -0.2) is 8.42 Å². The molecule has 1 aromatic heterocycles. The fourth-order valence-corrected chi connectivity index (χ4v) is 7.46. The third kappa shape index (κ3) is 7.58. The molecule has 0 radical (unpaired) electrons. The molecule has 2 atom stereocenters. The Bertz CT molecular complexity index is 1630. The number of rotatable bonds is 12. The summed E-state index contributed by atoms with van der Waals surface area (Å²) < 4.78 is 46.7. The van der Waals surface area contributed by atoms with Crippen molar-refractivity contribution in [3.8, 4) is 5.75 Å². The number of nitrogens with zero attached hydrogens (tertiary/aromatic N) is 2. The molecule has 0 bridgehead atoms. The number of para-hydroxylation sites is 1. The number of aliphatic hydroxyl groups excluding tert-OH is 1. The second-order valence-corrected chi connectivity index (χ2v) is 13.3. The molecule has 2 aliphatic rings. The number of amides is 1. The van der Waals surface area contributed by atoms with E-state index >= 15 is 0 Å². The van der Waals surface area contributed by atoms with Crippen molar-refractivity contribution in [1.29, 1.82) is 0 Å². The first-order valence-corrected chi connectivity index (χ1v) is 16.8. The van der Waals surface area contributed by atoms with Crippen LogP contribution in [0.1, 0.15) is 61.7 Å². The molecule has 2 heterocycles. The number of carbonyl (C=O) groups is 2. The molecule has 1 amide bonds. The van der Waals surface area contributed by atoms with E-state index < -0.39 is 16.3 Å². The van der Waals surface area contributed by atoms with E-state index in [-0.39, 0.29) is 60.7 Å². The number of carbonyl (C=O) groups excluding carboxylic acids is 2. The highest BCUT2D eigenvalue weighted by atomic mass is 32.2. The molecule has 1 saturated carbocycles. The summed E-state index contributed by atoms with van der Waals surface area (Å²) in [5.41, 5.74) is 1.64. The van der Waals surface area contributed by atoms with Gasteiger partial charge in [0, 0.05) is 50.0 Å². The van der Waals surface area contributed by atoms with Crippen LogP contribution >= 0.6 is 0 Å². The predicted octanol–water partition coefficient (Wildman–Crippen LogP) is 4.17. The Labute approximate surface area is 263 Å². The molecule has 12 heteroatoms. The van der Waals surface area contributed by atoms with Crippen LogP contribution in [0.4, 0.5) is 0 Å². The molecular formula is C33H41N3O8S. The molecule has 5 rings (SSSR count). The Morgan fingerprint density at radius 2 is 1.80 bits per heavy atom. The van der Waals surface area contributed by atoms with Crippen LogP contribution in [-0.4, -0.2) is 80.0 Å². The van der Waals surface area contributed by atoms with Gasteiger partial charge in [-0.3, -0.25) is 14.2 Å². The van der Waals surface area contributed by atoms with Crippen molar-refractivity contribution in [1.82, 2.24) is 14.2 Å². The molecule has 0 saturated heterocycles. The van der Waals surface area contributed by atoms with Crippen LogP contribution in [0, 0.1) is 0 Å². The highest BCUT2D eigenvalue weighted by molar-refractivity contribution is 7.89. The van der Waals surface area contributed by atoms with E-state index in [4.69, 9.17) is 14.2 Å². The third-order valence-corrected chi connectivity index (χ3v) is 10.3. The number of fused-ring (bicyclic) bond motifs is 1. The molecule has 45 heavy (non-hydrogen) atoms. The topological polar surface area (TPSA) is 136 Å². The van der Waals surface area contributed by atoms with E-state index in [1.54, 1.807) is 29.0 Å². The van der Waals surface area contributed by atoms with Crippen molar-refractivity contribution in [2.24, 2.45) is 0 Å². The fourth-order valence-electron chi connectivity index (χ4n) is 6.05. The van der Waals surface area contributed by atoms with Crippen LogP contribution in [0.25, 0.3) is 10.9 Å². The summed E-state index contributed by atoms with van der Waals surface area (Å²) >= 11 is 0. The summed E-state index contributed by atoms with van der Waals surface area (Å²) in [6, 6.07) is 13.7. The molecule has 2 aromatic carbocycles. The van der Waals surface area contributed by atoms with Crippen LogP contribution < -0.4 is 10.1 Å². The van der Waals surface area contributed by atoms with Gasteiger partial charge in [0.05, 0.1) is 30.7 Å². The SMILES string of the molecule is COc1ccc(S(=O)(=O)N(CCO)CCO[C@@H]2C[C@H](c3cn(C(C)=O)c4ccccc34)C=C(C(=O)NC3CCCCC3)O2)cc1. The molecule has 1 aliphatic carbocycles. The lowest BCUT2D eigenvalue weighted by Gasteiger charge is -2.31. The fraction of sp³-hybridized carbons (Fsp3) is 0.455. The molecule has 1 fully saturated rings. The molecule has 2 N–H and O–H groups in total. The maximum absolute atomic E-state index is 13.4. The van der Waals surface area contributed by atoms with Gasteiger partial charge in [-0.2, -0.15) is 4.31 Å². The first-order valence-electron chi connectivity index (χ1n) is 15.4. The number of allylic oxidation sites excluding steroid dienone is 1. The standard InChI is InChI=1S/C33H41N3O8S/c1-23(38)36-22-29(28-10-6-7-11-30(28)36)24-20-31(33(39)34-25-8-4-3-5-9-25)44-32(21-24)43-19-17-35(16-18-37)45(40,41)27-14-12-26(42-2)13-15-27/h6-7,10-15,20,22,24-25,32,37H,3-5,8-9,16-19,21H2,1-2H3,(H,34,39)/t24-,32+/m1/s1. The smallest absolute Gasteiger partial charge is 0.286 e. The number of nitrogens with one attached hydrogen (secondary N) is 1. The highest BCUT2D eigenvalue weighted by Gasteiger charge is 2.32. The number of ether oxygens (including phenoxy) is 3. The monoisotopic (exact) mass is 639 g/mol. The summed E-state index contributed by atoms with van der Waals surface area (Å²) in [5.74, 6) is -0.0895. The Kier molecular flexibility index (Phi) is 10.6. The Hall–Kier alpha value is -3.71. The Balaban J connectivity index is 1.36. The van der Waals surface area contributed by atoms with E-state index in [9.17, 15) is 23.1 Å². The number of hydrogen-bond acceptors (Lipinski definition) is 8. The minimum absolute atomic E-state index is 0.0422. The zero-order valence-corrected chi connectivity index (χ0v) is 26.5. The molecule has 0 unspecified atom stereocenters. The second-order valence-electron chi connectivity index (χ2n) is 11.4. The summed E-state index contributed by atoms with van der Waals surface area (Å²) in [7, 11) is -2.43. The van der Waals surface area contributed by atoms with Crippen LogP contribution in [0.15, 0.2) is 71.5 Å². The third-order valence-electron chi connectivity index (χ3n) is 8.39. The van der Waals surface area contributed by atoms with Crippen molar-refractivity contribution in [3.63, 3.8) is 0 Å². The zero-order chi connectivity index (χ0) is 32.0. The molecule has 242 valence electrons. The maximum atomic E-state index is 13.4. The number of sulfonamides is 1. The van der Waals surface area contributed by atoms with Gasteiger partial charge in [0.15, 0.2) is 5.76 Å². The van der Waals surface area contributed by atoms with Crippen molar-refractivity contribution < 1.29 is 37.3 Å².